The Labute approximate surface area is 121 Å². The van der Waals surface area contributed by atoms with Crippen LogP contribution in [-0.2, 0) is 0 Å². The smallest absolute Gasteiger partial charge is 0.254 e. The van der Waals surface area contributed by atoms with Crippen LogP contribution in [0.1, 0.15) is 26.3 Å². The van der Waals surface area contributed by atoms with E-state index in [0.29, 0.717) is 11.1 Å². The number of anilines is 1. The molecule has 0 saturated heterocycles. The van der Waals surface area contributed by atoms with Crippen molar-refractivity contribution in [1.29, 1.82) is 0 Å². The maximum absolute atomic E-state index is 12.1. The molecule has 0 aliphatic rings. The van der Waals surface area contributed by atoms with Crippen molar-refractivity contribution >= 4 is 40.7 Å². The molecule has 2 aromatic rings. The van der Waals surface area contributed by atoms with Crippen LogP contribution in [-0.4, -0.2) is 11.0 Å². The first-order chi connectivity index (χ1) is 8.59. The fourth-order valence-corrected chi connectivity index (χ4v) is 1.81. The Kier molecular flexibility index (Phi) is 5.10. The topological polar surface area (TPSA) is 60.2 Å². The fraction of sp³-hybridized carbons (Fsp3) is 0. The summed E-state index contributed by atoms with van der Waals surface area (Å²) >= 11 is 5.35. The summed E-state index contributed by atoms with van der Waals surface area (Å²) in [7, 11) is 0. The van der Waals surface area contributed by atoms with Crippen LogP contribution in [0.2, 0.25) is 0 Å². The molecular weight excluding hydrogens is 285 g/mol. The Morgan fingerprint density at radius 2 is 1.58 bits per heavy atom. The van der Waals surface area contributed by atoms with Gasteiger partial charge in [0.05, 0.1) is 5.56 Å². The van der Waals surface area contributed by atoms with Gasteiger partial charge in [0.1, 0.15) is 0 Å². The molecule has 98 valence electrons. The molecule has 19 heavy (non-hydrogen) atoms. The van der Waals surface area contributed by atoms with E-state index in [2.05, 4.69) is 0 Å². The van der Waals surface area contributed by atoms with Crippen molar-refractivity contribution in [3.63, 3.8) is 0 Å². The molecule has 0 aromatic heterocycles. The summed E-state index contributed by atoms with van der Waals surface area (Å²) in [5.41, 5.74) is 7.10. The van der Waals surface area contributed by atoms with Crippen LogP contribution in [0, 0.1) is 0 Å². The minimum absolute atomic E-state index is 0. The Morgan fingerprint density at radius 1 is 0.947 bits per heavy atom. The lowest BCUT2D eigenvalue weighted by atomic mass is 10.0. The van der Waals surface area contributed by atoms with E-state index in [4.69, 9.17) is 17.3 Å². The van der Waals surface area contributed by atoms with Gasteiger partial charge in [-0.25, -0.2) is 0 Å². The molecule has 0 atom stereocenters. The molecule has 2 rings (SSSR count). The van der Waals surface area contributed by atoms with Crippen LogP contribution < -0.4 is 5.73 Å². The highest BCUT2D eigenvalue weighted by Crippen LogP contribution is 2.18. The van der Waals surface area contributed by atoms with Crippen LogP contribution in [0.4, 0.5) is 5.69 Å². The molecule has 0 saturated carbocycles. The van der Waals surface area contributed by atoms with Gasteiger partial charge in [0, 0.05) is 16.8 Å². The number of carbonyl (C=O) groups is 2. The first kappa shape index (κ1) is 15.2. The van der Waals surface area contributed by atoms with Gasteiger partial charge in [-0.05, 0) is 23.7 Å². The second kappa shape index (κ2) is 6.36. The molecule has 0 heterocycles. The zero-order chi connectivity index (χ0) is 13.1. The van der Waals surface area contributed by atoms with Crippen LogP contribution >= 0.6 is 24.0 Å². The number of hydrogen-bond acceptors (Lipinski definition) is 3. The molecule has 3 nitrogen and oxygen atoms in total. The normalized spacial score (nSPS) is 9.53. The van der Waals surface area contributed by atoms with Gasteiger partial charge in [-0.2, -0.15) is 0 Å². The third-order valence-electron chi connectivity index (χ3n) is 2.56. The summed E-state index contributed by atoms with van der Waals surface area (Å²) in [4.78, 5) is 23.1. The highest BCUT2D eigenvalue weighted by atomic mass is 35.5. The average molecular weight is 296 g/mol. The quantitative estimate of drug-likeness (QED) is 0.537. The second-order valence-corrected chi connectivity index (χ2v) is 4.11. The number of hydrogen-bond donors (Lipinski definition) is 1. The van der Waals surface area contributed by atoms with Gasteiger partial charge in [0.15, 0.2) is 5.78 Å². The predicted molar refractivity (Wildman–Crippen MR) is 78.2 cm³/mol. The van der Waals surface area contributed by atoms with E-state index in [0.717, 1.165) is 0 Å². The molecule has 0 aliphatic heterocycles. The molecule has 0 spiro atoms. The molecule has 0 radical (unpaired) electrons. The first-order valence-corrected chi connectivity index (χ1v) is 5.66. The number of nitrogens with two attached hydrogens (primary N) is 1. The molecule has 0 aliphatic carbocycles. The zero-order valence-electron chi connectivity index (χ0n) is 9.80. The van der Waals surface area contributed by atoms with E-state index in [1.54, 1.807) is 30.3 Å². The van der Waals surface area contributed by atoms with Crippen molar-refractivity contribution in [2.45, 2.75) is 0 Å². The number of halogens is 2. The lowest BCUT2D eigenvalue weighted by Gasteiger charge is -2.04. The van der Waals surface area contributed by atoms with Gasteiger partial charge in [0.25, 0.3) is 5.24 Å². The lowest BCUT2D eigenvalue weighted by molar-refractivity contribution is 0.103. The van der Waals surface area contributed by atoms with E-state index in [9.17, 15) is 9.59 Å². The van der Waals surface area contributed by atoms with E-state index in [1.807, 2.05) is 6.07 Å². The zero-order valence-corrected chi connectivity index (χ0v) is 11.4. The van der Waals surface area contributed by atoms with Crippen molar-refractivity contribution < 1.29 is 9.59 Å². The number of benzene rings is 2. The van der Waals surface area contributed by atoms with Gasteiger partial charge in [0.2, 0.25) is 0 Å². The maximum atomic E-state index is 12.1. The number of nitrogen functional groups attached to an aromatic ring is 1. The van der Waals surface area contributed by atoms with E-state index >= 15 is 0 Å². The Hall–Kier alpha value is -1.84. The van der Waals surface area contributed by atoms with Crippen LogP contribution in [0.25, 0.3) is 0 Å². The van der Waals surface area contributed by atoms with Gasteiger partial charge >= 0.3 is 0 Å². The van der Waals surface area contributed by atoms with Crippen LogP contribution in [0.5, 0.6) is 0 Å². The van der Waals surface area contributed by atoms with Crippen molar-refractivity contribution in [2.24, 2.45) is 0 Å². The third-order valence-corrected chi connectivity index (χ3v) is 2.77. The summed E-state index contributed by atoms with van der Waals surface area (Å²) in [6.45, 7) is 0. The molecular formula is C14H11Cl2NO2. The van der Waals surface area contributed by atoms with Crippen molar-refractivity contribution in [3.8, 4) is 0 Å². The largest absolute Gasteiger partial charge is 0.398 e. The van der Waals surface area contributed by atoms with E-state index < -0.39 is 5.24 Å². The first-order valence-electron chi connectivity index (χ1n) is 5.28. The summed E-state index contributed by atoms with van der Waals surface area (Å²) in [5.74, 6) is -0.143. The number of ketones is 1. The van der Waals surface area contributed by atoms with Crippen LogP contribution in [0.15, 0.2) is 48.5 Å². The predicted octanol–water partition coefficient (Wildman–Crippen LogP) is 3.30. The Bertz CT molecular complexity index is 612. The summed E-state index contributed by atoms with van der Waals surface area (Å²) < 4.78 is 0. The highest BCUT2D eigenvalue weighted by Gasteiger charge is 2.12. The third kappa shape index (κ3) is 3.34. The fourth-order valence-electron chi connectivity index (χ4n) is 1.64. The molecule has 0 amide bonds. The number of carbonyl (C=O) groups excluding carboxylic acids is 2. The lowest BCUT2D eigenvalue weighted by Crippen LogP contribution is -2.04. The summed E-state index contributed by atoms with van der Waals surface area (Å²) in [6.07, 6.45) is 0. The minimum Gasteiger partial charge on any atom is -0.398 e. The SMILES string of the molecule is Cl.Nc1cc(C(=O)c2ccccc2)ccc1C(=O)Cl. The van der Waals surface area contributed by atoms with Gasteiger partial charge in [-0.15, -0.1) is 12.4 Å². The maximum Gasteiger partial charge on any atom is 0.254 e. The molecule has 0 bridgehead atoms. The Balaban J connectivity index is 0.00000180. The van der Waals surface area contributed by atoms with Gasteiger partial charge in [-0.1, -0.05) is 36.4 Å². The van der Waals surface area contributed by atoms with Crippen LogP contribution in [0.3, 0.4) is 0 Å². The minimum atomic E-state index is -0.633. The molecule has 5 heteroatoms. The number of rotatable bonds is 3. The standard InChI is InChI=1S/C14H10ClNO2.ClH/c15-14(18)11-7-6-10(8-12(11)16)13(17)9-4-2-1-3-5-9;/h1-8H,16H2;1H. The second-order valence-electron chi connectivity index (χ2n) is 3.77. The Morgan fingerprint density at radius 3 is 2.11 bits per heavy atom. The van der Waals surface area contributed by atoms with Crippen molar-refractivity contribution in [1.82, 2.24) is 0 Å². The molecule has 2 N–H and O–H groups in total. The van der Waals surface area contributed by atoms with E-state index in [1.165, 1.54) is 12.1 Å². The average Bonchev–Trinajstić information content (AvgIpc) is 2.38. The molecule has 0 fully saturated rings. The van der Waals surface area contributed by atoms with Crippen molar-refractivity contribution in [2.75, 3.05) is 5.73 Å². The van der Waals surface area contributed by atoms with Crippen molar-refractivity contribution in [3.05, 3.63) is 65.2 Å². The summed E-state index contributed by atoms with van der Waals surface area (Å²) in [6, 6.07) is 13.3. The van der Waals surface area contributed by atoms with Gasteiger partial charge < -0.3 is 5.73 Å². The summed E-state index contributed by atoms with van der Waals surface area (Å²) in [5, 5.41) is -0.633. The monoisotopic (exact) mass is 295 g/mol. The molecule has 2 aromatic carbocycles. The van der Waals surface area contributed by atoms with Gasteiger partial charge in [-0.3, -0.25) is 9.59 Å². The molecule has 0 unspecified atom stereocenters. The highest BCUT2D eigenvalue weighted by molar-refractivity contribution is 6.68. The van der Waals surface area contributed by atoms with E-state index in [-0.39, 0.29) is 29.4 Å².